The van der Waals surface area contributed by atoms with Crippen LogP contribution in [0.2, 0.25) is 0 Å². The van der Waals surface area contributed by atoms with Gasteiger partial charge in [0.1, 0.15) is 10.8 Å². The number of nitrogens with one attached hydrogen (secondary N) is 1. The van der Waals surface area contributed by atoms with Gasteiger partial charge < -0.3 is 10.1 Å². The third-order valence-corrected chi connectivity index (χ3v) is 3.06. The molecule has 0 saturated carbocycles. The van der Waals surface area contributed by atoms with Gasteiger partial charge in [0.05, 0.1) is 13.7 Å². The van der Waals surface area contributed by atoms with Crippen molar-refractivity contribution in [1.82, 2.24) is 15.2 Å². The van der Waals surface area contributed by atoms with E-state index in [2.05, 4.69) is 25.2 Å². The van der Waals surface area contributed by atoms with Crippen molar-refractivity contribution < 1.29 is 9.53 Å². The fraction of sp³-hybridized carbons (Fsp3) is 0.273. The number of ether oxygens (including phenoxy) is 1. The molecule has 0 aromatic carbocycles. The second-order valence-electron chi connectivity index (χ2n) is 3.51. The zero-order valence-corrected chi connectivity index (χ0v) is 10.8. The molecule has 18 heavy (non-hydrogen) atoms. The number of carbonyl (C=O) groups excluding carboxylic acids is 1. The smallest absolute Gasteiger partial charge is 0.358 e. The summed E-state index contributed by atoms with van der Waals surface area (Å²) >= 11 is 1.62. The van der Waals surface area contributed by atoms with E-state index in [-0.39, 0.29) is 5.69 Å². The van der Waals surface area contributed by atoms with Gasteiger partial charge in [0.25, 0.3) is 0 Å². The SMILES string of the molecule is COC(=O)c1ccc(NCc2ncc(C)s2)nn1. The molecule has 0 unspecified atom stereocenters. The Kier molecular flexibility index (Phi) is 3.83. The minimum absolute atomic E-state index is 0.188. The number of thiazole rings is 1. The van der Waals surface area contributed by atoms with Crippen molar-refractivity contribution in [3.63, 3.8) is 0 Å². The molecule has 0 radical (unpaired) electrons. The van der Waals surface area contributed by atoms with E-state index in [4.69, 9.17) is 0 Å². The second kappa shape index (κ2) is 5.54. The lowest BCUT2D eigenvalue weighted by molar-refractivity contribution is 0.0593. The van der Waals surface area contributed by atoms with Crippen molar-refractivity contribution >= 4 is 23.1 Å². The van der Waals surface area contributed by atoms with Crippen molar-refractivity contribution in [1.29, 1.82) is 0 Å². The first kappa shape index (κ1) is 12.4. The van der Waals surface area contributed by atoms with Crippen LogP contribution < -0.4 is 5.32 Å². The molecule has 7 heteroatoms. The first-order valence-corrected chi connectivity index (χ1v) is 6.08. The number of rotatable bonds is 4. The minimum atomic E-state index is -0.496. The molecule has 0 bridgehead atoms. The van der Waals surface area contributed by atoms with Crippen molar-refractivity contribution in [3.05, 3.63) is 33.9 Å². The van der Waals surface area contributed by atoms with Gasteiger partial charge >= 0.3 is 5.97 Å². The maximum Gasteiger partial charge on any atom is 0.358 e. The molecule has 0 aliphatic carbocycles. The molecule has 94 valence electrons. The number of aryl methyl sites for hydroxylation is 1. The van der Waals surface area contributed by atoms with Crippen LogP contribution in [-0.4, -0.2) is 28.3 Å². The summed E-state index contributed by atoms with van der Waals surface area (Å²) in [5.41, 5.74) is 0.188. The van der Waals surface area contributed by atoms with E-state index in [0.717, 1.165) is 5.01 Å². The molecule has 0 amide bonds. The van der Waals surface area contributed by atoms with Gasteiger partial charge in [-0.05, 0) is 19.1 Å². The van der Waals surface area contributed by atoms with Crippen LogP contribution >= 0.6 is 11.3 Å². The normalized spacial score (nSPS) is 10.1. The Balaban J connectivity index is 1.96. The molecular formula is C11H12N4O2S. The number of hydrogen-bond donors (Lipinski definition) is 1. The van der Waals surface area contributed by atoms with Crippen LogP contribution in [0.1, 0.15) is 20.4 Å². The molecule has 6 nitrogen and oxygen atoms in total. The van der Waals surface area contributed by atoms with Gasteiger partial charge in [0.15, 0.2) is 5.69 Å². The van der Waals surface area contributed by atoms with Crippen molar-refractivity contribution in [2.45, 2.75) is 13.5 Å². The number of carbonyl (C=O) groups is 1. The summed E-state index contributed by atoms with van der Waals surface area (Å²) in [6, 6.07) is 3.24. The van der Waals surface area contributed by atoms with Crippen LogP contribution in [0.15, 0.2) is 18.3 Å². The van der Waals surface area contributed by atoms with Crippen LogP contribution in [0.5, 0.6) is 0 Å². The van der Waals surface area contributed by atoms with E-state index in [1.54, 1.807) is 23.5 Å². The lowest BCUT2D eigenvalue weighted by atomic mass is 10.4. The Hall–Kier alpha value is -2.02. The van der Waals surface area contributed by atoms with Gasteiger partial charge in [-0.2, -0.15) is 0 Å². The summed E-state index contributed by atoms with van der Waals surface area (Å²) in [6.45, 7) is 2.59. The lowest BCUT2D eigenvalue weighted by Gasteiger charge is -2.02. The molecule has 0 fully saturated rings. The zero-order valence-electron chi connectivity index (χ0n) is 10.0. The Morgan fingerprint density at radius 2 is 2.28 bits per heavy atom. The molecule has 0 saturated heterocycles. The van der Waals surface area contributed by atoms with E-state index in [1.165, 1.54) is 12.0 Å². The molecule has 0 spiro atoms. The van der Waals surface area contributed by atoms with Gasteiger partial charge in [-0.1, -0.05) is 0 Å². The average Bonchev–Trinajstić information content (AvgIpc) is 2.82. The van der Waals surface area contributed by atoms with E-state index >= 15 is 0 Å². The molecule has 2 heterocycles. The second-order valence-corrected chi connectivity index (χ2v) is 4.83. The Bertz CT molecular complexity index is 538. The quantitative estimate of drug-likeness (QED) is 0.846. The van der Waals surface area contributed by atoms with Gasteiger partial charge in [-0.25, -0.2) is 9.78 Å². The van der Waals surface area contributed by atoms with Crippen LogP contribution in [-0.2, 0) is 11.3 Å². The van der Waals surface area contributed by atoms with E-state index in [1.807, 2.05) is 13.1 Å². The number of methoxy groups -OCH3 is 1. The standard InChI is InChI=1S/C11H12N4O2S/c1-7-5-13-10(18-7)6-12-9-4-3-8(14-15-9)11(16)17-2/h3-5H,6H2,1-2H3,(H,12,15). The number of hydrogen-bond acceptors (Lipinski definition) is 7. The van der Waals surface area contributed by atoms with Crippen LogP contribution in [0.4, 0.5) is 5.82 Å². The number of esters is 1. The van der Waals surface area contributed by atoms with Crippen molar-refractivity contribution in [3.8, 4) is 0 Å². The summed E-state index contributed by atoms with van der Waals surface area (Å²) in [4.78, 5) is 16.5. The molecule has 0 atom stereocenters. The number of nitrogens with zero attached hydrogens (tertiary/aromatic N) is 3. The largest absolute Gasteiger partial charge is 0.464 e. The topological polar surface area (TPSA) is 77.0 Å². The molecule has 2 aromatic heterocycles. The van der Waals surface area contributed by atoms with Gasteiger partial charge in [0.2, 0.25) is 0 Å². The molecule has 0 aliphatic heterocycles. The van der Waals surface area contributed by atoms with E-state index in [9.17, 15) is 4.79 Å². The van der Waals surface area contributed by atoms with Gasteiger partial charge in [-0.3, -0.25) is 0 Å². The highest BCUT2D eigenvalue weighted by atomic mass is 32.1. The summed E-state index contributed by atoms with van der Waals surface area (Å²) < 4.78 is 4.54. The summed E-state index contributed by atoms with van der Waals surface area (Å²) in [7, 11) is 1.31. The van der Waals surface area contributed by atoms with Gasteiger partial charge in [0, 0.05) is 11.1 Å². The Morgan fingerprint density at radius 3 is 2.83 bits per heavy atom. The third-order valence-electron chi connectivity index (χ3n) is 2.15. The molecule has 0 aliphatic rings. The summed E-state index contributed by atoms with van der Waals surface area (Å²) in [5.74, 6) is 0.0973. The highest BCUT2D eigenvalue weighted by Gasteiger charge is 2.07. The molecular weight excluding hydrogens is 252 g/mol. The van der Waals surface area contributed by atoms with Crippen molar-refractivity contribution in [2.75, 3.05) is 12.4 Å². The Labute approximate surface area is 108 Å². The molecule has 2 rings (SSSR count). The molecule has 1 N–H and O–H groups in total. The number of anilines is 1. The lowest BCUT2D eigenvalue weighted by Crippen LogP contribution is -2.07. The first-order chi connectivity index (χ1) is 8.69. The fourth-order valence-electron chi connectivity index (χ4n) is 1.29. The average molecular weight is 264 g/mol. The Morgan fingerprint density at radius 1 is 1.44 bits per heavy atom. The molecule has 2 aromatic rings. The van der Waals surface area contributed by atoms with Crippen LogP contribution in [0.3, 0.4) is 0 Å². The highest BCUT2D eigenvalue weighted by Crippen LogP contribution is 2.12. The first-order valence-electron chi connectivity index (χ1n) is 5.26. The third kappa shape index (κ3) is 3.01. The predicted octanol–water partition coefficient (Wildman–Crippen LogP) is 1.64. The van der Waals surface area contributed by atoms with E-state index < -0.39 is 5.97 Å². The maximum absolute atomic E-state index is 11.2. The fourth-order valence-corrected chi connectivity index (χ4v) is 2.02. The van der Waals surface area contributed by atoms with Crippen LogP contribution in [0.25, 0.3) is 0 Å². The minimum Gasteiger partial charge on any atom is -0.464 e. The zero-order chi connectivity index (χ0) is 13.0. The maximum atomic E-state index is 11.2. The monoisotopic (exact) mass is 264 g/mol. The number of aromatic nitrogens is 3. The predicted molar refractivity (Wildman–Crippen MR) is 67.5 cm³/mol. The van der Waals surface area contributed by atoms with Crippen molar-refractivity contribution in [2.24, 2.45) is 0 Å². The van der Waals surface area contributed by atoms with Gasteiger partial charge in [-0.15, -0.1) is 21.5 Å². The van der Waals surface area contributed by atoms with Crippen LogP contribution in [0, 0.1) is 6.92 Å². The highest BCUT2D eigenvalue weighted by molar-refractivity contribution is 7.11. The summed E-state index contributed by atoms with van der Waals surface area (Å²) in [5, 5.41) is 11.7. The summed E-state index contributed by atoms with van der Waals surface area (Å²) in [6.07, 6.45) is 1.83. The van der Waals surface area contributed by atoms with E-state index in [0.29, 0.717) is 12.4 Å².